The molecular formula is C16H12N2O4S2. The number of thioether (sulfide) groups is 1. The molecule has 6 nitrogen and oxygen atoms in total. The number of aromatic hydroxyl groups is 1. The SMILES string of the molecule is Cc1ccc(/C=C2\SC(=S)N(NC(=O)c3cccc(O)c3)C2=O)o1. The van der Waals surface area contributed by atoms with Gasteiger partial charge in [0.05, 0.1) is 4.91 Å². The highest BCUT2D eigenvalue weighted by Gasteiger charge is 2.34. The van der Waals surface area contributed by atoms with Gasteiger partial charge in [0.2, 0.25) is 0 Å². The molecule has 1 aromatic heterocycles. The number of rotatable bonds is 3. The van der Waals surface area contributed by atoms with Gasteiger partial charge in [-0.25, -0.2) is 0 Å². The summed E-state index contributed by atoms with van der Waals surface area (Å²) in [5.41, 5.74) is 2.66. The zero-order valence-electron chi connectivity index (χ0n) is 12.5. The summed E-state index contributed by atoms with van der Waals surface area (Å²) < 4.78 is 5.62. The van der Waals surface area contributed by atoms with Crippen LogP contribution in [0.15, 0.2) is 45.7 Å². The maximum atomic E-state index is 12.4. The summed E-state index contributed by atoms with van der Waals surface area (Å²) in [6, 6.07) is 9.34. The molecule has 1 saturated heterocycles. The average molecular weight is 360 g/mol. The molecule has 0 bridgehead atoms. The van der Waals surface area contributed by atoms with E-state index < -0.39 is 11.8 Å². The molecule has 2 heterocycles. The van der Waals surface area contributed by atoms with E-state index in [1.165, 1.54) is 24.3 Å². The van der Waals surface area contributed by atoms with Crippen LogP contribution in [0.1, 0.15) is 21.9 Å². The summed E-state index contributed by atoms with van der Waals surface area (Å²) in [6.07, 6.45) is 1.58. The van der Waals surface area contributed by atoms with Crippen LogP contribution >= 0.6 is 24.0 Å². The third-order valence-electron chi connectivity index (χ3n) is 3.15. The Balaban J connectivity index is 1.77. The molecule has 1 aliphatic heterocycles. The first-order valence-corrected chi connectivity index (χ1v) is 8.11. The van der Waals surface area contributed by atoms with Crippen LogP contribution in [0.3, 0.4) is 0 Å². The summed E-state index contributed by atoms with van der Waals surface area (Å²) >= 11 is 6.21. The number of aryl methyl sites for hydroxylation is 1. The topological polar surface area (TPSA) is 82.8 Å². The normalized spacial score (nSPS) is 16.0. The van der Waals surface area contributed by atoms with Crippen LogP contribution < -0.4 is 5.43 Å². The van der Waals surface area contributed by atoms with E-state index in [0.29, 0.717) is 10.7 Å². The molecule has 8 heteroatoms. The summed E-state index contributed by atoms with van der Waals surface area (Å²) in [5, 5.41) is 10.4. The number of carbonyl (C=O) groups excluding carboxylic acids is 2. The summed E-state index contributed by atoms with van der Waals surface area (Å²) in [7, 11) is 0. The minimum Gasteiger partial charge on any atom is -0.508 e. The fourth-order valence-corrected chi connectivity index (χ4v) is 3.20. The lowest BCUT2D eigenvalue weighted by Crippen LogP contribution is -2.44. The second kappa shape index (κ2) is 6.50. The molecule has 3 rings (SSSR count). The van der Waals surface area contributed by atoms with Gasteiger partial charge in [0.25, 0.3) is 11.8 Å². The van der Waals surface area contributed by atoms with Crippen molar-refractivity contribution in [3.8, 4) is 5.75 Å². The first kappa shape index (κ1) is 16.3. The van der Waals surface area contributed by atoms with Crippen molar-refractivity contribution in [2.24, 2.45) is 0 Å². The van der Waals surface area contributed by atoms with Gasteiger partial charge in [-0.15, -0.1) is 0 Å². The minimum absolute atomic E-state index is 0.0406. The molecule has 0 unspecified atom stereocenters. The smallest absolute Gasteiger partial charge is 0.285 e. The van der Waals surface area contributed by atoms with Gasteiger partial charge in [-0.3, -0.25) is 15.0 Å². The van der Waals surface area contributed by atoms with Crippen LogP contribution in [0.5, 0.6) is 5.75 Å². The largest absolute Gasteiger partial charge is 0.508 e. The molecule has 0 spiro atoms. The van der Waals surface area contributed by atoms with Crippen molar-refractivity contribution in [1.29, 1.82) is 0 Å². The quantitative estimate of drug-likeness (QED) is 0.647. The third kappa shape index (κ3) is 3.34. The second-order valence-electron chi connectivity index (χ2n) is 4.96. The molecule has 1 aromatic carbocycles. The number of carbonyl (C=O) groups is 2. The van der Waals surface area contributed by atoms with Crippen molar-refractivity contribution in [1.82, 2.24) is 10.4 Å². The van der Waals surface area contributed by atoms with E-state index in [0.717, 1.165) is 22.5 Å². The van der Waals surface area contributed by atoms with Crippen LogP contribution in [0.25, 0.3) is 6.08 Å². The van der Waals surface area contributed by atoms with Crippen molar-refractivity contribution in [3.63, 3.8) is 0 Å². The standard InChI is InChI=1S/C16H12N2O4S2/c1-9-5-6-12(22-9)8-13-15(21)18(16(23)24-13)17-14(20)10-3-2-4-11(19)7-10/h2-8,19H,1H3,(H,17,20)/b13-8-. The molecular weight excluding hydrogens is 348 g/mol. The molecule has 0 saturated carbocycles. The molecule has 0 aliphatic carbocycles. The van der Waals surface area contributed by atoms with E-state index in [-0.39, 0.29) is 15.6 Å². The van der Waals surface area contributed by atoms with Crippen LogP contribution in [0.4, 0.5) is 0 Å². The van der Waals surface area contributed by atoms with Gasteiger partial charge in [0.15, 0.2) is 4.32 Å². The average Bonchev–Trinajstić information content (AvgIpc) is 3.06. The highest BCUT2D eigenvalue weighted by atomic mass is 32.2. The van der Waals surface area contributed by atoms with Crippen LogP contribution in [-0.2, 0) is 4.79 Å². The molecule has 2 N–H and O–H groups in total. The third-order valence-corrected chi connectivity index (χ3v) is 4.45. The van der Waals surface area contributed by atoms with Crippen molar-refractivity contribution < 1.29 is 19.1 Å². The molecule has 24 heavy (non-hydrogen) atoms. The maximum Gasteiger partial charge on any atom is 0.285 e. The Morgan fingerprint density at radius 1 is 1.38 bits per heavy atom. The van der Waals surface area contributed by atoms with Crippen molar-refractivity contribution >= 4 is 46.2 Å². The lowest BCUT2D eigenvalue weighted by Gasteiger charge is -2.15. The second-order valence-corrected chi connectivity index (χ2v) is 6.63. The van der Waals surface area contributed by atoms with E-state index in [1.54, 1.807) is 25.1 Å². The minimum atomic E-state index is -0.544. The number of thiocarbonyl (C=S) groups is 1. The molecule has 2 aromatic rings. The number of nitrogens with zero attached hydrogens (tertiary/aromatic N) is 1. The maximum absolute atomic E-state index is 12.4. The first-order valence-electron chi connectivity index (χ1n) is 6.88. The van der Waals surface area contributed by atoms with Crippen LogP contribution in [0, 0.1) is 6.92 Å². The lowest BCUT2D eigenvalue weighted by molar-refractivity contribution is -0.123. The number of furan rings is 1. The van der Waals surface area contributed by atoms with Gasteiger partial charge < -0.3 is 9.52 Å². The predicted molar refractivity (Wildman–Crippen MR) is 94.0 cm³/mol. The fraction of sp³-hybridized carbons (Fsp3) is 0.0625. The highest BCUT2D eigenvalue weighted by Crippen LogP contribution is 2.31. The van der Waals surface area contributed by atoms with E-state index in [9.17, 15) is 14.7 Å². The molecule has 0 radical (unpaired) electrons. The highest BCUT2D eigenvalue weighted by molar-refractivity contribution is 8.26. The summed E-state index contributed by atoms with van der Waals surface area (Å²) in [6.45, 7) is 1.80. The molecule has 0 atom stereocenters. The fourth-order valence-electron chi connectivity index (χ4n) is 2.04. The van der Waals surface area contributed by atoms with Gasteiger partial charge in [-0.2, -0.15) is 5.01 Å². The number of hydrazine groups is 1. The lowest BCUT2D eigenvalue weighted by atomic mass is 10.2. The van der Waals surface area contributed by atoms with E-state index in [4.69, 9.17) is 16.6 Å². The Morgan fingerprint density at radius 3 is 2.83 bits per heavy atom. The van der Waals surface area contributed by atoms with Gasteiger partial charge >= 0.3 is 0 Å². The molecule has 1 aliphatic rings. The number of amides is 2. The predicted octanol–water partition coefficient (Wildman–Crippen LogP) is 2.84. The Labute approximate surface area is 147 Å². The Morgan fingerprint density at radius 2 is 2.17 bits per heavy atom. The van der Waals surface area contributed by atoms with E-state index in [2.05, 4.69) is 5.43 Å². The zero-order valence-corrected chi connectivity index (χ0v) is 14.1. The van der Waals surface area contributed by atoms with Crippen LogP contribution in [0.2, 0.25) is 0 Å². The zero-order chi connectivity index (χ0) is 17.3. The Bertz CT molecular complexity index is 872. The van der Waals surface area contributed by atoms with E-state index in [1.807, 2.05) is 0 Å². The Kier molecular flexibility index (Phi) is 4.41. The molecule has 122 valence electrons. The van der Waals surface area contributed by atoms with Gasteiger partial charge in [0, 0.05) is 11.6 Å². The van der Waals surface area contributed by atoms with Crippen molar-refractivity contribution in [2.45, 2.75) is 6.92 Å². The summed E-state index contributed by atoms with van der Waals surface area (Å²) in [5.74, 6) is 0.243. The van der Waals surface area contributed by atoms with E-state index >= 15 is 0 Å². The number of nitrogens with one attached hydrogen (secondary N) is 1. The number of benzene rings is 1. The number of hydrogen-bond donors (Lipinski definition) is 2. The van der Waals surface area contributed by atoms with Crippen LogP contribution in [-0.4, -0.2) is 26.3 Å². The number of hydrogen-bond acceptors (Lipinski definition) is 6. The van der Waals surface area contributed by atoms with Gasteiger partial charge in [-0.05, 0) is 49.5 Å². The summed E-state index contributed by atoms with van der Waals surface area (Å²) in [4.78, 5) is 24.9. The van der Waals surface area contributed by atoms with Crippen molar-refractivity contribution in [2.75, 3.05) is 0 Å². The Hall–Kier alpha value is -2.58. The van der Waals surface area contributed by atoms with Gasteiger partial charge in [-0.1, -0.05) is 17.8 Å². The first-order chi connectivity index (χ1) is 11.4. The monoisotopic (exact) mass is 360 g/mol. The van der Waals surface area contributed by atoms with Gasteiger partial charge in [0.1, 0.15) is 17.3 Å². The molecule has 1 fully saturated rings. The molecule has 2 amide bonds. The number of phenols is 1. The van der Waals surface area contributed by atoms with Crippen molar-refractivity contribution in [3.05, 3.63) is 58.4 Å². The number of phenolic OH excluding ortho intramolecular Hbond substituents is 1.